The second-order valence-electron chi connectivity index (χ2n) is 9.31. The molecule has 192 valence electrons. The van der Waals surface area contributed by atoms with Crippen LogP contribution in [0.3, 0.4) is 0 Å². The molecule has 0 radical (unpaired) electrons. The molecule has 0 saturated carbocycles. The van der Waals surface area contributed by atoms with Crippen molar-refractivity contribution in [1.29, 1.82) is 0 Å². The van der Waals surface area contributed by atoms with E-state index in [0.29, 0.717) is 10.0 Å². The maximum Gasteiger partial charge on any atom is 0.175 e. The van der Waals surface area contributed by atoms with Gasteiger partial charge in [0.25, 0.3) is 0 Å². The quantitative estimate of drug-likeness (QED) is 0.270. The minimum Gasteiger partial charge on any atom is -0.332 e. The van der Waals surface area contributed by atoms with Gasteiger partial charge in [-0.05, 0) is 78.8 Å². The third kappa shape index (κ3) is 5.93. The molecular weight excluding hydrogens is 512 g/mol. The Hall–Kier alpha value is -4.01. The lowest BCUT2D eigenvalue weighted by molar-refractivity contribution is 0.602. The summed E-state index contributed by atoms with van der Waals surface area (Å²) in [5.74, 6) is 0. The van der Waals surface area contributed by atoms with Crippen molar-refractivity contribution in [2.45, 2.75) is 24.3 Å². The number of hydrogen-bond donors (Lipinski definition) is 2. The number of aryl methyl sites for hydroxylation is 1. The highest BCUT2D eigenvalue weighted by Gasteiger charge is 2.30. The van der Waals surface area contributed by atoms with Gasteiger partial charge in [0.05, 0.1) is 22.3 Å². The molecule has 4 aromatic carbocycles. The average molecular weight is 541 g/mol. The highest BCUT2D eigenvalue weighted by atomic mass is 32.2. The van der Waals surface area contributed by atoms with E-state index in [1.54, 1.807) is 12.1 Å². The molecule has 1 heterocycles. The van der Waals surface area contributed by atoms with Gasteiger partial charge in [0.15, 0.2) is 14.9 Å². The molecule has 0 amide bonds. The van der Waals surface area contributed by atoms with Crippen molar-refractivity contribution < 1.29 is 8.42 Å². The zero-order chi connectivity index (χ0) is 26.7. The molecular formula is C30H28N4O2S2. The van der Waals surface area contributed by atoms with Crippen LogP contribution in [0.15, 0.2) is 113 Å². The van der Waals surface area contributed by atoms with E-state index in [2.05, 4.69) is 41.8 Å². The lowest BCUT2D eigenvalue weighted by Crippen LogP contribution is -2.19. The molecule has 0 bridgehead atoms. The summed E-state index contributed by atoms with van der Waals surface area (Å²) in [6.45, 7) is 2.07. The third-order valence-electron chi connectivity index (χ3n) is 6.41. The van der Waals surface area contributed by atoms with Crippen LogP contribution in [-0.2, 0) is 9.84 Å². The van der Waals surface area contributed by atoms with Crippen molar-refractivity contribution in [1.82, 2.24) is 0 Å². The van der Waals surface area contributed by atoms with Crippen molar-refractivity contribution in [2.75, 3.05) is 21.9 Å². The molecule has 2 N–H and O–H groups in total. The predicted molar refractivity (Wildman–Crippen MR) is 160 cm³/mol. The number of hydrazone groups is 1. The zero-order valence-electron chi connectivity index (χ0n) is 21.1. The van der Waals surface area contributed by atoms with E-state index in [9.17, 15) is 8.42 Å². The summed E-state index contributed by atoms with van der Waals surface area (Å²) < 4.78 is 23.9. The zero-order valence-corrected chi connectivity index (χ0v) is 22.8. The minimum atomic E-state index is -3.27. The molecule has 1 aliphatic rings. The fourth-order valence-electron chi connectivity index (χ4n) is 4.38. The molecule has 0 aliphatic carbocycles. The van der Waals surface area contributed by atoms with Crippen LogP contribution in [0.25, 0.3) is 0 Å². The van der Waals surface area contributed by atoms with Crippen LogP contribution in [0.2, 0.25) is 0 Å². The molecule has 4 aromatic rings. The van der Waals surface area contributed by atoms with Crippen molar-refractivity contribution in [2.24, 2.45) is 5.10 Å². The van der Waals surface area contributed by atoms with Crippen LogP contribution in [0.4, 0.5) is 17.1 Å². The molecule has 0 aromatic heterocycles. The number of para-hydroxylation sites is 1. The fourth-order valence-corrected chi connectivity index (χ4v) is 5.24. The van der Waals surface area contributed by atoms with Gasteiger partial charge in [0.2, 0.25) is 0 Å². The Morgan fingerprint density at radius 3 is 2.05 bits per heavy atom. The van der Waals surface area contributed by atoms with E-state index in [0.717, 1.165) is 40.3 Å². The molecule has 6 nitrogen and oxygen atoms in total. The molecule has 0 saturated heterocycles. The monoisotopic (exact) mass is 540 g/mol. The smallest absolute Gasteiger partial charge is 0.175 e. The van der Waals surface area contributed by atoms with E-state index < -0.39 is 9.84 Å². The maximum absolute atomic E-state index is 11.9. The second kappa shape index (κ2) is 10.8. The number of nitrogens with zero attached hydrogens (tertiary/aromatic N) is 2. The lowest BCUT2D eigenvalue weighted by Gasteiger charge is -2.24. The van der Waals surface area contributed by atoms with E-state index >= 15 is 0 Å². The normalized spacial score (nSPS) is 15.2. The standard InChI is InChI=1S/C30H28N4O2S2/c1-21-8-10-23(11-9-21)29-20-28(33-34(29)26-16-18-27(19-17-26)38(2,35)36)22-12-14-25(15-13-22)32-30(37)31-24-6-4-3-5-7-24/h3-19,29H,20H2,1-2H3,(H2,31,32,37). The molecule has 1 aliphatic heterocycles. The van der Waals surface area contributed by atoms with E-state index in [4.69, 9.17) is 17.3 Å². The summed E-state index contributed by atoms with van der Waals surface area (Å²) in [4.78, 5) is 0.291. The van der Waals surface area contributed by atoms with Crippen LogP contribution in [0, 0.1) is 6.92 Å². The number of anilines is 3. The fraction of sp³-hybridized carbons (Fsp3) is 0.133. The first-order chi connectivity index (χ1) is 18.3. The summed E-state index contributed by atoms with van der Waals surface area (Å²) in [7, 11) is -3.27. The Kier molecular flexibility index (Phi) is 7.26. The topological polar surface area (TPSA) is 73.8 Å². The SMILES string of the molecule is Cc1ccc(C2CC(c3ccc(NC(=S)Nc4ccccc4)cc3)=NN2c2ccc(S(C)(=O)=O)cc2)cc1. The van der Waals surface area contributed by atoms with Gasteiger partial charge in [0.1, 0.15) is 0 Å². The Labute approximate surface area is 228 Å². The van der Waals surface area contributed by atoms with Crippen molar-refractivity contribution in [3.63, 3.8) is 0 Å². The van der Waals surface area contributed by atoms with E-state index in [1.165, 1.54) is 11.8 Å². The summed E-state index contributed by atoms with van der Waals surface area (Å²) in [6, 6.07) is 33.2. The number of rotatable bonds is 6. The minimum absolute atomic E-state index is 0.00450. The maximum atomic E-state index is 11.9. The number of nitrogens with one attached hydrogen (secondary N) is 2. The van der Waals surface area contributed by atoms with Crippen LogP contribution in [0.1, 0.15) is 29.2 Å². The van der Waals surface area contributed by atoms with Crippen LogP contribution in [-0.4, -0.2) is 25.5 Å². The third-order valence-corrected chi connectivity index (χ3v) is 7.74. The van der Waals surface area contributed by atoms with Gasteiger partial charge in [-0.3, -0.25) is 5.01 Å². The van der Waals surface area contributed by atoms with Crippen LogP contribution >= 0.6 is 12.2 Å². The van der Waals surface area contributed by atoms with Gasteiger partial charge < -0.3 is 10.6 Å². The molecule has 0 spiro atoms. The summed E-state index contributed by atoms with van der Waals surface area (Å²) in [5.41, 5.74) is 6.97. The van der Waals surface area contributed by atoms with E-state index in [-0.39, 0.29) is 6.04 Å². The van der Waals surface area contributed by atoms with E-state index in [1.807, 2.05) is 71.7 Å². The van der Waals surface area contributed by atoms with Gasteiger partial charge >= 0.3 is 0 Å². The van der Waals surface area contributed by atoms with Gasteiger partial charge in [-0.1, -0.05) is 60.2 Å². The summed E-state index contributed by atoms with van der Waals surface area (Å²) in [6.07, 6.45) is 1.93. The summed E-state index contributed by atoms with van der Waals surface area (Å²) >= 11 is 5.45. The first-order valence-electron chi connectivity index (χ1n) is 12.2. The molecule has 0 fully saturated rings. The van der Waals surface area contributed by atoms with Crippen LogP contribution in [0.5, 0.6) is 0 Å². The average Bonchev–Trinajstić information content (AvgIpc) is 3.35. The number of thiocarbonyl (C=S) groups is 1. The number of hydrogen-bond acceptors (Lipinski definition) is 5. The van der Waals surface area contributed by atoms with Gasteiger partial charge in [-0.2, -0.15) is 5.10 Å². The Morgan fingerprint density at radius 2 is 1.45 bits per heavy atom. The Bertz CT molecular complexity index is 1570. The Balaban J connectivity index is 1.38. The highest BCUT2D eigenvalue weighted by molar-refractivity contribution is 7.90. The first kappa shape index (κ1) is 25.6. The molecule has 5 rings (SSSR count). The Morgan fingerprint density at radius 1 is 0.842 bits per heavy atom. The second-order valence-corrected chi connectivity index (χ2v) is 11.7. The van der Waals surface area contributed by atoms with Crippen molar-refractivity contribution >= 4 is 49.9 Å². The highest BCUT2D eigenvalue weighted by Crippen LogP contribution is 2.37. The first-order valence-corrected chi connectivity index (χ1v) is 14.5. The molecule has 8 heteroatoms. The van der Waals surface area contributed by atoms with Gasteiger partial charge in [-0.25, -0.2) is 8.42 Å². The van der Waals surface area contributed by atoms with Crippen LogP contribution < -0.4 is 15.6 Å². The number of benzene rings is 4. The molecule has 1 unspecified atom stereocenters. The summed E-state index contributed by atoms with van der Waals surface area (Å²) in [5, 5.41) is 13.9. The predicted octanol–water partition coefficient (Wildman–Crippen LogP) is 6.56. The van der Waals surface area contributed by atoms with Crippen molar-refractivity contribution in [3.8, 4) is 0 Å². The van der Waals surface area contributed by atoms with Gasteiger partial charge in [0, 0.05) is 24.1 Å². The van der Waals surface area contributed by atoms with Gasteiger partial charge in [-0.15, -0.1) is 0 Å². The largest absolute Gasteiger partial charge is 0.332 e. The lowest BCUT2D eigenvalue weighted by atomic mass is 9.97. The molecule has 38 heavy (non-hydrogen) atoms. The number of sulfone groups is 1. The van der Waals surface area contributed by atoms with Crippen molar-refractivity contribution in [3.05, 3.63) is 120 Å². The molecule has 1 atom stereocenters.